The number of likely N-dealkylation sites (tertiary alicyclic amines) is 1. The summed E-state index contributed by atoms with van der Waals surface area (Å²) in [6.07, 6.45) is 0.123. The van der Waals surface area contributed by atoms with Crippen molar-refractivity contribution >= 4 is 11.9 Å². The minimum Gasteiger partial charge on any atom is -0.482 e. The van der Waals surface area contributed by atoms with Gasteiger partial charge in [0.15, 0.2) is 11.5 Å². The fraction of sp³-hybridized carbons (Fsp3) is 0.619. The number of esters is 2. The van der Waals surface area contributed by atoms with Crippen molar-refractivity contribution in [3.8, 4) is 11.5 Å². The van der Waals surface area contributed by atoms with Crippen molar-refractivity contribution in [2.24, 2.45) is 0 Å². The number of piperidine rings is 1. The molecule has 2 bridgehead atoms. The Morgan fingerprint density at radius 1 is 1.25 bits per heavy atom. The molecular formula is C21H24FNO5. The third-order valence-electron chi connectivity index (χ3n) is 7.18. The molecule has 1 spiro atoms. The van der Waals surface area contributed by atoms with Gasteiger partial charge in [0, 0.05) is 19.4 Å². The van der Waals surface area contributed by atoms with Gasteiger partial charge in [-0.15, -0.1) is 0 Å². The molecule has 28 heavy (non-hydrogen) atoms. The zero-order valence-electron chi connectivity index (χ0n) is 16.3. The van der Waals surface area contributed by atoms with E-state index in [4.69, 9.17) is 14.2 Å². The molecule has 0 aromatic heterocycles. The van der Waals surface area contributed by atoms with Crippen LogP contribution in [0.2, 0.25) is 0 Å². The average molecular weight is 389 g/mol. The van der Waals surface area contributed by atoms with E-state index in [0.29, 0.717) is 30.8 Å². The molecule has 7 heteroatoms. The minimum absolute atomic E-state index is 0.0400. The van der Waals surface area contributed by atoms with Crippen LogP contribution in [0.5, 0.6) is 11.5 Å². The topological polar surface area (TPSA) is 65.1 Å². The van der Waals surface area contributed by atoms with E-state index in [1.165, 1.54) is 13.8 Å². The summed E-state index contributed by atoms with van der Waals surface area (Å²) in [7, 11) is 2.04. The average Bonchev–Trinajstić information content (AvgIpc) is 2.97. The second-order valence-corrected chi connectivity index (χ2v) is 8.52. The predicted molar refractivity (Wildman–Crippen MR) is 97.2 cm³/mol. The molecule has 0 radical (unpaired) electrons. The number of halogens is 1. The Morgan fingerprint density at radius 2 is 2.04 bits per heavy atom. The largest absolute Gasteiger partial charge is 0.482 e. The predicted octanol–water partition coefficient (Wildman–Crippen LogP) is 2.30. The molecule has 0 N–H and O–H groups in total. The van der Waals surface area contributed by atoms with Crippen molar-refractivity contribution in [1.82, 2.24) is 4.90 Å². The van der Waals surface area contributed by atoms with Crippen molar-refractivity contribution in [3.63, 3.8) is 0 Å². The van der Waals surface area contributed by atoms with Crippen LogP contribution >= 0.6 is 0 Å². The van der Waals surface area contributed by atoms with E-state index in [-0.39, 0.29) is 18.4 Å². The monoisotopic (exact) mass is 389 g/mol. The summed E-state index contributed by atoms with van der Waals surface area (Å²) in [6, 6.07) is 3.63. The number of rotatable bonds is 2. The van der Waals surface area contributed by atoms with Crippen molar-refractivity contribution in [1.29, 1.82) is 0 Å². The van der Waals surface area contributed by atoms with Gasteiger partial charge >= 0.3 is 11.9 Å². The lowest BCUT2D eigenvalue weighted by molar-refractivity contribution is -0.221. The quantitative estimate of drug-likeness (QED) is 0.571. The standard InChI is InChI=1S/C21H24FNO5/c1-11(24)26-15-5-4-13-10-16-21(28-12(2)25)7-6-14(22)19-20(21,8-9-23(16)3)17(13)18(15)27-19/h4-5,14,16,19H,6-10H2,1-3H3/t14-,16?,19?,20?,21?/m1/s1. The van der Waals surface area contributed by atoms with Crippen LogP contribution in [0.15, 0.2) is 12.1 Å². The third kappa shape index (κ3) is 2.00. The Hall–Kier alpha value is -2.15. The van der Waals surface area contributed by atoms with E-state index < -0.39 is 29.3 Å². The zero-order chi connectivity index (χ0) is 19.8. The highest BCUT2D eigenvalue weighted by molar-refractivity contribution is 5.73. The van der Waals surface area contributed by atoms with Crippen LogP contribution < -0.4 is 9.47 Å². The lowest BCUT2D eigenvalue weighted by atomic mass is 9.48. The molecule has 2 aliphatic heterocycles. The minimum atomic E-state index is -1.17. The Labute approximate surface area is 162 Å². The number of hydrogen-bond acceptors (Lipinski definition) is 6. The number of carbonyl (C=O) groups excluding carboxylic acids is 2. The first-order valence-electron chi connectivity index (χ1n) is 9.85. The van der Waals surface area contributed by atoms with Crippen LogP contribution in [0.3, 0.4) is 0 Å². The molecule has 4 aliphatic rings. The molecule has 6 nitrogen and oxygen atoms in total. The smallest absolute Gasteiger partial charge is 0.308 e. The van der Waals surface area contributed by atoms with Crippen LogP contribution in [0.1, 0.15) is 44.2 Å². The van der Waals surface area contributed by atoms with Gasteiger partial charge in [-0.25, -0.2) is 4.39 Å². The van der Waals surface area contributed by atoms with Gasteiger partial charge in [-0.05, 0) is 50.9 Å². The van der Waals surface area contributed by atoms with Crippen LogP contribution in [0, 0.1) is 0 Å². The summed E-state index contributed by atoms with van der Waals surface area (Å²) in [5, 5.41) is 0. The molecule has 2 aliphatic carbocycles. The summed E-state index contributed by atoms with van der Waals surface area (Å²) >= 11 is 0. The molecule has 150 valence electrons. The van der Waals surface area contributed by atoms with E-state index in [0.717, 1.165) is 17.7 Å². The molecule has 5 rings (SSSR count). The van der Waals surface area contributed by atoms with Gasteiger partial charge in [0.1, 0.15) is 17.9 Å². The number of nitrogens with zero attached hydrogens (tertiary/aromatic N) is 1. The van der Waals surface area contributed by atoms with Gasteiger partial charge in [0.05, 0.1) is 11.5 Å². The summed E-state index contributed by atoms with van der Waals surface area (Å²) in [6.45, 7) is 3.51. The number of likely N-dealkylation sites (N-methyl/N-ethyl adjacent to an activating group) is 1. The highest BCUT2D eigenvalue weighted by Crippen LogP contribution is 2.66. The van der Waals surface area contributed by atoms with Crippen molar-refractivity contribution in [2.45, 2.75) is 68.9 Å². The van der Waals surface area contributed by atoms with Gasteiger partial charge in [0.25, 0.3) is 0 Å². The second kappa shape index (κ2) is 5.69. The summed E-state index contributed by atoms with van der Waals surface area (Å²) in [4.78, 5) is 26.0. The van der Waals surface area contributed by atoms with Gasteiger partial charge in [0.2, 0.25) is 0 Å². The molecule has 1 saturated carbocycles. The molecule has 1 aromatic rings. The molecule has 1 saturated heterocycles. The number of carbonyl (C=O) groups is 2. The van der Waals surface area contributed by atoms with Crippen molar-refractivity contribution < 1.29 is 28.2 Å². The zero-order valence-corrected chi connectivity index (χ0v) is 16.3. The molecule has 5 atom stereocenters. The van der Waals surface area contributed by atoms with E-state index in [9.17, 15) is 9.59 Å². The number of alkyl halides is 1. The number of hydrogen-bond donors (Lipinski definition) is 0. The Bertz CT molecular complexity index is 888. The third-order valence-corrected chi connectivity index (χ3v) is 7.18. The van der Waals surface area contributed by atoms with Crippen molar-refractivity contribution in [2.75, 3.05) is 13.6 Å². The normalized spacial score (nSPS) is 37.6. The van der Waals surface area contributed by atoms with Gasteiger partial charge in [-0.3, -0.25) is 14.5 Å². The fourth-order valence-corrected chi connectivity index (χ4v) is 6.35. The van der Waals surface area contributed by atoms with Gasteiger partial charge < -0.3 is 14.2 Å². The van der Waals surface area contributed by atoms with Gasteiger partial charge in [-0.2, -0.15) is 0 Å². The maximum absolute atomic E-state index is 15.2. The van der Waals surface area contributed by atoms with Crippen LogP contribution in [0.25, 0.3) is 0 Å². The summed E-state index contributed by atoms with van der Waals surface area (Å²) in [5.74, 6) is -0.0471. The maximum Gasteiger partial charge on any atom is 0.308 e. The Balaban J connectivity index is 1.80. The highest BCUT2D eigenvalue weighted by atomic mass is 19.1. The molecule has 2 heterocycles. The molecule has 1 aromatic carbocycles. The number of benzene rings is 1. The van der Waals surface area contributed by atoms with E-state index in [1.54, 1.807) is 6.07 Å². The molecule has 2 fully saturated rings. The molecule has 4 unspecified atom stereocenters. The van der Waals surface area contributed by atoms with Gasteiger partial charge in [-0.1, -0.05) is 6.07 Å². The Kier molecular flexibility index (Phi) is 3.64. The maximum atomic E-state index is 15.2. The fourth-order valence-electron chi connectivity index (χ4n) is 6.35. The summed E-state index contributed by atoms with van der Waals surface area (Å²) in [5.41, 5.74) is 0.338. The Morgan fingerprint density at radius 3 is 2.75 bits per heavy atom. The van der Waals surface area contributed by atoms with E-state index >= 15 is 4.39 Å². The van der Waals surface area contributed by atoms with E-state index in [1.807, 2.05) is 13.1 Å². The second-order valence-electron chi connectivity index (χ2n) is 8.52. The van der Waals surface area contributed by atoms with Crippen LogP contribution in [0.4, 0.5) is 4.39 Å². The van der Waals surface area contributed by atoms with E-state index in [2.05, 4.69) is 4.90 Å². The van der Waals surface area contributed by atoms with Crippen LogP contribution in [-0.2, 0) is 26.2 Å². The van der Waals surface area contributed by atoms with Crippen LogP contribution in [-0.4, -0.2) is 54.3 Å². The number of ether oxygens (including phenoxy) is 3. The first-order valence-corrected chi connectivity index (χ1v) is 9.85. The lowest BCUT2D eigenvalue weighted by Gasteiger charge is -2.64. The first kappa shape index (κ1) is 17.9. The van der Waals surface area contributed by atoms with Crippen molar-refractivity contribution in [3.05, 3.63) is 23.3 Å². The summed E-state index contributed by atoms with van der Waals surface area (Å²) < 4.78 is 32.9. The SMILES string of the molecule is CC(=O)Oc1ccc2c3c1OC1[C@H](F)CCC4(OC(C)=O)C(C2)N(C)CCC314. The lowest BCUT2D eigenvalue weighted by Crippen LogP contribution is -2.77. The highest BCUT2D eigenvalue weighted by Gasteiger charge is 2.75. The molecular weight excluding hydrogens is 365 g/mol. The molecule has 0 amide bonds. The first-order chi connectivity index (χ1) is 13.3.